The van der Waals surface area contributed by atoms with E-state index < -0.39 is 0 Å². The van der Waals surface area contributed by atoms with Crippen molar-refractivity contribution >= 4 is 5.91 Å². The van der Waals surface area contributed by atoms with Crippen molar-refractivity contribution in [3.63, 3.8) is 0 Å². The number of hydrogen-bond donors (Lipinski definition) is 0. The molecule has 138 valence electrons. The number of likely N-dealkylation sites (tertiary alicyclic amines) is 1. The van der Waals surface area contributed by atoms with Crippen LogP contribution in [0.3, 0.4) is 0 Å². The highest BCUT2D eigenvalue weighted by Crippen LogP contribution is 2.34. The second-order valence-electron chi connectivity index (χ2n) is 7.62. The topological polar surface area (TPSA) is 50.6 Å². The summed E-state index contributed by atoms with van der Waals surface area (Å²) in [4.78, 5) is 21.2. The van der Waals surface area contributed by atoms with E-state index in [-0.39, 0.29) is 24.2 Å². The lowest BCUT2D eigenvalue weighted by atomic mass is 9.85. The van der Waals surface area contributed by atoms with Gasteiger partial charge in [-0.2, -0.15) is 0 Å². The molecule has 0 aliphatic carbocycles. The summed E-state index contributed by atoms with van der Waals surface area (Å²) in [6.07, 6.45) is 4.68. The fourth-order valence-corrected chi connectivity index (χ4v) is 4.23. The van der Waals surface area contributed by atoms with Gasteiger partial charge in [-0.05, 0) is 18.9 Å². The summed E-state index contributed by atoms with van der Waals surface area (Å²) in [6.45, 7) is 5.60. The van der Waals surface area contributed by atoms with Crippen molar-refractivity contribution in [3.05, 3.63) is 54.1 Å². The van der Waals surface area contributed by atoms with Crippen LogP contribution < -0.4 is 0 Å². The van der Waals surface area contributed by atoms with Crippen molar-refractivity contribution in [3.8, 4) is 0 Å². The first-order valence-electron chi connectivity index (χ1n) is 9.20. The number of carbonyl (C=O) groups excluding carboxylic acids is 1. The first-order valence-corrected chi connectivity index (χ1v) is 9.20. The van der Waals surface area contributed by atoms with Gasteiger partial charge in [-0.3, -0.25) is 9.69 Å². The molecular formula is C20H26N4O2. The Morgan fingerprint density at radius 1 is 1.27 bits per heavy atom. The Kier molecular flexibility index (Phi) is 4.54. The summed E-state index contributed by atoms with van der Waals surface area (Å²) in [5.74, 6) is 0.0939. The number of aryl methyl sites for hydroxylation is 1. The fourth-order valence-electron chi connectivity index (χ4n) is 4.23. The first kappa shape index (κ1) is 17.2. The molecule has 6 heteroatoms. The maximum Gasteiger partial charge on any atom is 0.249 e. The Hall–Kier alpha value is -2.18. The lowest BCUT2D eigenvalue weighted by Crippen LogP contribution is -2.67. The number of amides is 1. The minimum absolute atomic E-state index is 0.0939. The van der Waals surface area contributed by atoms with Gasteiger partial charge in [-0.1, -0.05) is 30.3 Å². The maximum atomic E-state index is 12.6. The number of piperidine rings is 1. The maximum absolute atomic E-state index is 12.6. The van der Waals surface area contributed by atoms with E-state index >= 15 is 0 Å². The molecule has 2 aliphatic heterocycles. The van der Waals surface area contributed by atoms with Crippen LogP contribution in [0.4, 0.5) is 0 Å². The number of ether oxygens (including phenoxy) is 1. The van der Waals surface area contributed by atoms with E-state index in [1.165, 1.54) is 11.3 Å². The van der Waals surface area contributed by atoms with Crippen molar-refractivity contribution in [2.45, 2.75) is 38.1 Å². The van der Waals surface area contributed by atoms with Gasteiger partial charge in [0, 0.05) is 39.4 Å². The molecule has 0 N–H and O–H groups in total. The fraction of sp³-hybridized carbons (Fsp3) is 0.500. The lowest BCUT2D eigenvalue weighted by Gasteiger charge is -2.53. The number of morpholine rings is 1. The lowest BCUT2D eigenvalue weighted by molar-refractivity contribution is -0.189. The monoisotopic (exact) mass is 354 g/mol. The SMILES string of the molecule is Cn1cncc1CN1CC[C@H]2N(Cc3ccccc3)C(=O)CO[C@]2(C)C1. The number of benzene rings is 1. The molecule has 0 bridgehead atoms. The average Bonchev–Trinajstić information content (AvgIpc) is 3.03. The average molecular weight is 354 g/mol. The molecule has 6 nitrogen and oxygen atoms in total. The van der Waals surface area contributed by atoms with Gasteiger partial charge >= 0.3 is 0 Å². The van der Waals surface area contributed by atoms with Gasteiger partial charge < -0.3 is 14.2 Å². The van der Waals surface area contributed by atoms with Crippen LogP contribution in [0, 0.1) is 0 Å². The van der Waals surface area contributed by atoms with Crippen LogP contribution in [0.15, 0.2) is 42.9 Å². The van der Waals surface area contributed by atoms with Crippen LogP contribution in [-0.2, 0) is 29.7 Å². The van der Waals surface area contributed by atoms with Gasteiger partial charge in [0.2, 0.25) is 5.91 Å². The molecule has 2 aliphatic rings. The van der Waals surface area contributed by atoms with Crippen LogP contribution in [0.2, 0.25) is 0 Å². The molecule has 2 atom stereocenters. The Labute approximate surface area is 154 Å². The van der Waals surface area contributed by atoms with Crippen LogP contribution >= 0.6 is 0 Å². The summed E-state index contributed by atoms with van der Waals surface area (Å²) in [5, 5.41) is 0. The predicted molar refractivity (Wildman–Crippen MR) is 98.2 cm³/mol. The Morgan fingerprint density at radius 3 is 2.81 bits per heavy atom. The zero-order chi connectivity index (χ0) is 18.1. The number of nitrogens with zero attached hydrogens (tertiary/aromatic N) is 4. The van der Waals surface area contributed by atoms with Gasteiger partial charge in [-0.25, -0.2) is 4.98 Å². The van der Waals surface area contributed by atoms with E-state index in [1.54, 1.807) is 0 Å². The Morgan fingerprint density at radius 2 is 2.08 bits per heavy atom. The highest BCUT2D eigenvalue weighted by molar-refractivity contribution is 5.79. The number of rotatable bonds is 4. The summed E-state index contributed by atoms with van der Waals surface area (Å²) >= 11 is 0. The van der Waals surface area contributed by atoms with Crippen molar-refractivity contribution in [1.82, 2.24) is 19.4 Å². The van der Waals surface area contributed by atoms with Gasteiger partial charge in [0.1, 0.15) is 6.61 Å². The third-order valence-electron chi connectivity index (χ3n) is 5.68. The molecule has 2 saturated heterocycles. The Bertz CT molecular complexity index is 775. The predicted octanol–water partition coefficient (Wildman–Crippen LogP) is 1.81. The van der Waals surface area contributed by atoms with Crippen LogP contribution in [0.1, 0.15) is 24.6 Å². The molecule has 1 aromatic carbocycles. The molecule has 3 heterocycles. The Balaban J connectivity index is 1.49. The molecular weight excluding hydrogens is 328 g/mol. The number of imidazole rings is 1. The number of hydrogen-bond acceptors (Lipinski definition) is 4. The van der Waals surface area contributed by atoms with E-state index in [1.807, 2.05) is 42.7 Å². The minimum atomic E-state index is -0.334. The van der Waals surface area contributed by atoms with Gasteiger partial charge in [0.25, 0.3) is 0 Å². The summed E-state index contributed by atoms with van der Waals surface area (Å²) in [6, 6.07) is 10.3. The molecule has 1 amide bonds. The summed E-state index contributed by atoms with van der Waals surface area (Å²) in [5.41, 5.74) is 2.03. The molecule has 0 spiro atoms. The van der Waals surface area contributed by atoms with Crippen molar-refractivity contribution < 1.29 is 9.53 Å². The van der Waals surface area contributed by atoms with Crippen molar-refractivity contribution in [2.24, 2.45) is 7.05 Å². The number of aromatic nitrogens is 2. The van der Waals surface area contributed by atoms with Gasteiger partial charge in [0.05, 0.1) is 23.7 Å². The van der Waals surface area contributed by atoms with Gasteiger partial charge in [-0.15, -0.1) is 0 Å². The molecule has 4 rings (SSSR count). The van der Waals surface area contributed by atoms with Crippen molar-refractivity contribution in [2.75, 3.05) is 19.7 Å². The van der Waals surface area contributed by atoms with E-state index in [9.17, 15) is 4.79 Å². The van der Waals surface area contributed by atoms with Crippen LogP contribution in [-0.4, -0.2) is 56.6 Å². The summed E-state index contributed by atoms with van der Waals surface area (Å²) < 4.78 is 8.13. The molecule has 0 unspecified atom stereocenters. The van der Waals surface area contributed by atoms with Crippen LogP contribution in [0.25, 0.3) is 0 Å². The normalized spacial score (nSPS) is 26.8. The smallest absolute Gasteiger partial charge is 0.249 e. The molecule has 2 aromatic rings. The van der Waals surface area contributed by atoms with E-state index in [0.29, 0.717) is 6.54 Å². The highest BCUT2D eigenvalue weighted by Gasteiger charge is 2.48. The second-order valence-corrected chi connectivity index (χ2v) is 7.62. The molecule has 1 aromatic heterocycles. The third kappa shape index (κ3) is 3.27. The molecule has 0 radical (unpaired) electrons. The standard InChI is InChI=1S/C20H26N4O2/c1-20-14-23(12-17-10-21-15-22(17)2)9-8-18(20)24(19(25)13-26-20)11-16-6-4-3-5-7-16/h3-7,10,15,18H,8-9,11-14H2,1-2H3/t18-,20-/m1/s1. The third-order valence-corrected chi connectivity index (χ3v) is 5.68. The molecule has 0 saturated carbocycles. The first-order chi connectivity index (χ1) is 12.5. The minimum Gasteiger partial charge on any atom is -0.362 e. The number of fused-ring (bicyclic) bond motifs is 1. The summed E-state index contributed by atoms with van der Waals surface area (Å²) in [7, 11) is 2.02. The largest absolute Gasteiger partial charge is 0.362 e. The number of carbonyl (C=O) groups is 1. The highest BCUT2D eigenvalue weighted by atomic mass is 16.5. The molecule has 26 heavy (non-hydrogen) atoms. The van der Waals surface area contributed by atoms with E-state index in [2.05, 4.69) is 33.5 Å². The molecule has 2 fully saturated rings. The zero-order valence-electron chi connectivity index (χ0n) is 15.5. The van der Waals surface area contributed by atoms with Crippen molar-refractivity contribution in [1.29, 1.82) is 0 Å². The quantitative estimate of drug-likeness (QED) is 0.840. The van der Waals surface area contributed by atoms with E-state index in [4.69, 9.17) is 4.74 Å². The van der Waals surface area contributed by atoms with E-state index in [0.717, 1.165) is 26.1 Å². The second kappa shape index (κ2) is 6.85. The zero-order valence-corrected chi connectivity index (χ0v) is 15.5. The van der Waals surface area contributed by atoms with Crippen LogP contribution in [0.5, 0.6) is 0 Å². The van der Waals surface area contributed by atoms with Gasteiger partial charge in [0.15, 0.2) is 0 Å².